The summed E-state index contributed by atoms with van der Waals surface area (Å²) < 4.78 is 0. The third kappa shape index (κ3) is 1.29. The van der Waals surface area contributed by atoms with E-state index in [0.717, 1.165) is 5.56 Å². The Kier molecular flexibility index (Phi) is 1.94. The first-order valence-corrected chi connectivity index (χ1v) is 3.20. The molecule has 0 aliphatic heterocycles. The van der Waals surface area contributed by atoms with Crippen molar-refractivity contribution >= 4 is 11.6 Å². The summed E-state index contributed by atoms with van der Waals surface area (Å²) in [6.45, 7) is 1.87. The average molecular weight is 151 g/mol. The molecule has 1 aromatic rings. The fourth-order valence-corrected chi connectivity index (χ4v) is 0.819. The molecule has 0 saturated heterocycles. The van der Waals surface area contributed by atoms with Gasteiger partial charge in [0.2, 0.25) is 0 Å². The van der Waals surface area contributed by atoms with Gasteiger partial charge >= 0.3 is 0 Å². The van der Waals surface area contributed by atoms with E-state index in [1.54, 1.807) is 12.1 Å². The third-order valence-electron chi connectivity index (χ3n) is 1.17. The van der Waals surface area contributed by atoms with Crippen molar-refractivity contribution in [1.82, 2.24) is 0 Å². The molecule has 0 atom stereocenters. The molecule has 10 heavy (non-hydrogen) atoms. The second kappa shape index (κ2) is 2.72. The molecule has 0 heterocycles. The average Bonchev–Trinajstić information content (AvgIpc) is 1.94. The van der Waals surface area contributed by atoms with Gasteiger partial charge in [0.05, 0.1) is 10.6 Å². The highest BCUT2D eigenvalue weighted by molar-refractivity contribution is 6.31. The van der Waals surface area contributed by atoms with Gasteiger partial charge in [0.15, 0.2) is 0 Å². The maximum absolute atomic E-state index is 8.49. The number of halogens is 1. The molecule has 0 N–H and O–H groups in total. The van der Waals surface area contributed by atoms with Crippen LogP contribution in [0.5, 0.6) is 0 Å². The first-order chi connectivity index (χ1) is 4.74. The number of benzene rings is 1. The van der Waals surface area contributed by atoms with Crippen molar-refractivity contribution in [3.8, 4) is 6.07 Å². The predicted octanol–water partition coefficient (Wildman–Crippen LogP) is 2.32. The van der Waals surface area contributed by atoms with Gasteiger partial charge in [0, 0.05) is 0 Å². The Labute approximate surface area is 64.9 Å². The van der Waals surface area contributed by atoms with E-state index in [9.17, 15) is 0 Å². The van der Waals surface area contributed by atoms with Crippen LogP contribution < -0.4 is 0 Å². The second-order valence-electron chi connectivity index (χ2n) is 1.99. The molecule has 0 aromatic heterocycles. The van der Waals surface area contributed by atoms with Crippen molar-refractivity contribution in [3.63, 3.8) is 0 Å². The lowest BCUT2D eigenvalue weighted by Crippen LogP contribution is -1.78. The summed E-state index contributed by atoms with van der Waals surface area (Å²) in [7, 11) is 0. The van der Waals surface area contributed by atoms with Gasteiger partial charge in [0.25, 0.3) is 0 Å². The van der Waals surface area contributed by atoms with E-state index >= 15 is 0 Å². The molecular weight excluding hydrogens is 146 g/mol. The van der Waals surface area contributed by atoms with Gasteiger partial charge in [-0.1, -0.05) is 11.6 Å². The minimum absolute atomic E-state index is 0.466. The Morgan fingerprint density at radius 2 is 2.40 bits per heavy atom. The Hall–Kier alpha value is -1.00. The van der Waals surface area contributed by atoms with Crippen molar-refractivity contribution in [2.45, 2.75) is 6.92 Å². The maximum atomic E-state index is 8.49. The Morgan fingerprint density at radius 3 is 2.90 bits per heavy atom. The molecule has 1 nitrogen and oxygen atoms in total. The van der Waals surface area contributed by atoms with E-state index in [1.165, 1.54) is 0 Å². The number of rotatable bonds is 0. The SMILES string of the molecule is Cc1[c]cc(Cl)c(C#N)c1. The molecule has 0 unspecified atom stereocenters. The van der Waals surface area contributed by atoms with Crippen LogP contribution in [0.2, 0.25) is 5.02 Å². The summed E-state index contributed by atoms with van der Waals surface area (Å²) in [4.78, 5) is 0. The van der Waals surface area contributed by atoms with Crippen LogP contribution >= 0.6 is 11.6 Å². The van der Waals surface area contributed by atoms with Crippen LogP contribution in [0, 0.1) is 24.3 Å². The van der Waals surface area contributed by atoms with E-state index < -0.39 is 0 Å². The van der Waals surface area contributed by atoms with Gasteiger partial charge in [-0.05, 0) is 30.7 Å². The zero-order valence-corrected chi connectivity index (χ0v) is 6.24. The van der Waals surface area contributed by atoms with Gasteiger partial charge in [-0.3, -0.25) is 0 Å². The van der Waals surface area contributed by atoms with Crippen LogP contribution in [0.15, 0.2) is 12.1 Å². The molecule has 0 spiro atoms. The monoisotopic (exact) mass is 150 g/mol. The highest BCUT2D eigenvalue weighted by Crippen LogP contribution is 2.14. The van der Waals surface area contributed by atoms with E-state index in [4.69, 9.17) is 16.9 Å². The lowest BCUT2D eigenvalue weighted by Gasteiger charge is -1.93. The Morgan fingerprint density at radius 1 is 1.70 bits per heavy atom. The third-order valence-corrected chi connectivity index (χ3v) is 1.48. The molecule has 49 valence electrons. The van der Waals surface area contributed by atoms with Crippen LogP contribution in [0.3, 0.4) is 0 Å². The molecule has 0 saturated carbocycles. The summed E-state index contributed by atoms with van der Waals surface area (Å²) in [5.74, 6) is 0. The Bertz CT molecular complexity index is 286. The normalized spacial score (nSPS) is 8.90. The lowest BCUT2D eigenvalue weighted by molar-refractivity contribution is 1.41. The standard InChI is InChI=1S/C8H5ClN/c1-6-2-3-8(9)7(4-6)5-10/h3-4H,1H3. The topological polar surface area (TPSA) is 23.8 Å². The minimum Gasteiger partial charge on any atom is -0.192 e. The van der Waals surface area contributed by atoms with Crippen LogP contribution in [0.1, 0.15) is 11.1 Å². The largest absolute Gasteiger partial charge is 0.192 e. The molecule has 0 bridgehead atoms. The number of hydrogen-bond acceptors (Lipinski definition) is 1. The summed E-state index contributed by atoms with van der Waals surface area (Å²) in [5.41, 5.74) is 1.44. The molecule has 0 amide bonds. The molecule has 0 aliphatic carbocycles. The van der Waals surface area contributed by atoms with E-state index in [-0.39, 0.29) is 0 Å². The molecule has 0 fully saturated rings. The smallest absolute Gasteiger partial charge is 0.101 e. The second-order valence-corrected chi connectivity index (χ2v) is 2.40. The van der Waals surface area contributed by atoms with Gasteiger partial charge in [-0.2, -0.15) is 5.26 Å². The molecule has 0 aliphatic rings. The van der Waals surface area contributed by atoms with Gasteiger partial charge < -0.3 is 0 Å². The van der Waals surface area contributed by atoms with Gasteiger partial charge in [-0.15, -0.1) is 0 Å². The summed E-state index contributed by atoms with van der Waals surface area (Å²) in [6, 6.07) is 8.19. The number of aryl methyl sites for hydroxylation is 1. The predicted molar refractivity (Wildman–Crippen MR) is 39.7 cm³/mol. The fraction of sp³-hybridized carbons (Fsp3) is 0.125. The summed E-state index contributed by atoms with van der Waals surface area (Å²) >= 11 is 5.64. The quantitative estimate of drug-likeness (QED) is 0.557. The van der Waals surface area contributed by atoms with Crippen molar-refractivity contribution in [2.75, 3.05) is 0 Å². The molecule has 1 rings (SSSR count). The number of hydrogen-bond donors (Lipinski definition) is 0. The van der Waals surface area contributed by atoms with Crippen LogP contribution in [-0.2, 0) is 0 Å². The maximum Gasteiger partial charge on any atom is 0.101 e. The van der Waals surface area contributed by atoms with Gasteiger partial charge in [-0.25, -0.2) is 0 Å². The zero-order chi connectivity index (χ0) is 7.56. The van der Waals surface area contributed by atoms with Crippen molar-refractivity contribution in [1.29, 1.82) is 5.26 Å². The Balaban J connectivity index is 3.25. The van der Waals surface area contributed by atoms with Gasteiger partial charge in [0.1, 0.15) is 6.07 Å². The molecular formula is C8H5ClN. The fourth-order valence-electron chi connectivity index (χ4n) is 0.668. The van der Waals surface area contributed by atoms with Crippen LogP contribution in [0.25, 0.3) is 0 Å². The number of nitrogens with zero attached hydrogens (tertiary/aromatic N) is 1. The van der Waals surface area contributed by atoms with Crippen molar-refractivity contribution < 1.29 is 0 Å². The van der Waals surface area contributed by atoms with Crippen molar-refractivity contribution in [2.24, 2.45) is 0 Å². The van der Waals surface area contributed by atoms with Crippen LogP contribution in [0.4, 0.5) is 0 Å². The summed E-state index contributed by atoms with van der Waals surface area (Å²) in [5, 5.41) is 8.96. The molecule has 1 aromatic carbocycles. The van der Waals surface area contributed by atoms with Crippen LogP contribution in [-0.4, -0.2) is 0 Å². The molecule has 2 heteroatoms. The van der Waals surface area contributed by atoms with E-state index in [2.05, 4.69) is 6.07 Å². The lowest BCUT2D eigenvalue weighted by atomic mass is 10.2. The first kappa shape index (κ1) is 7.11. The van der Waals surface area contributed by atoms with E-state index in [1.807, 2.05) is 13.0 Å². The molecule has 1 radical (unpaired) electrons. The number of nitriles is 1. The summed E-state index contributed by atoms with van der Waals surface area (Å²) in [6.07, 6.45) is 0. The highest BCUT2D eigenvalue weighted by atomic mass is 35.5. The first-order valence-electron chi connectivity index (χ1n) is 2.82. The van der Waals surface area contributed by atoms with E-state index in [0.29, 0.717) is 10.6 Å². The minimum atomic E-state index is 0.466. The highest BCUT2D eigenvalue weighted by Gasteiger charge is 1.96. The zero-order valence-electron chi connectivity index (χ0n) is 5.48. The van der Waals surface area contributed by atoms with Crippen molar-refractivity contribution in [3.05, 3.63) is 34.3 Å².